The third kappa shape index (κ3) is 4.10. The minimum atomic E-state index is -0.655. The SMILES string of the molecule is C=C1C[C@@](C)(c2cc(NC(=O)c3ncc(C#N)cc3Cl)ccn2)N=C(N)S1. The van der Waals surface area contributed by atoms with E-state index >= 15 is 0 Å². The van der Waals surface area contributed by atoms with Crippen molar-refractivity contribution in [2.75, 3.05) is 5.32 Å². The molecule has 0 fully saturated rings. The Morgan fingerprint density at radius 1 is 1.48 bits per heavy atom. The number of anilines is 1. The van der Waals surface area contributed by atoms with Crippen molar-refractivity contribution < 1.29 is 4.79 Å². The zero-order chi connectivity index (χ0) is 19.6. The molecule has 0 saturated carbocycles. The molecular formula is C18H15ClN6OS. The highest BCUT2D eigenvalue weighted by Gasteiger charge is 2.33. The number of nitriles is 1. The van der Waals surface area contributed by atoms with Gasteiger partial charge in [-0.1, -0.05) is 29.9 Å². The Balaban J connectivity index is 1.86. The average molecular weight is 399 g/mol. The topological polar surface area (TPSA) is 117 Å². The van der Waals surface area contributed by atoms with E-state index in [0.717, 1.165) is 4.91 Å². The summed E-state index contributed by atoms with van der Waals surface area (Å²) in [6.45, 7) is 5.89. The fraction of sp³-hybridized carbons (Fsp3) is 0.167. The number of aromatic nitrogens is 2. The van der Waals surface area contributed by atoms with E-state index in [1.54, 1.807) is 18.3 Å². The van der Waals surface area contributed by atoms with Crippen molar-refractivity contribution in [1.82, 2.24) is 9.97 Å². The fourth-order valence-electron chi connectivity index (χ4n) is 2.68. The van der Waals surface area contributed by atoms with E-state index in [1.807, 2.05) is 13.0 Å². The minimum absolute atomic E-state index is 0.0324. The molecule has 0 saturated heterocycles. The second-order valence-electron chi connectivity index (χ2n) is 6.09. The van der Waals surface area contributed by atoms with Crippen LogP contribution in [-0.4, -0.2) is 21.0 Å². The Hall–Kier alpha value is -2.89. The van der Waals surface area contributed by atoms with Crippen LogP contribution < -0.4 is 11.1 Å². The monoisotopic (exact) mass is 398 g/mol. The van der Waals surface area contributed by atoms with Gasteiger partial charge >= 0.3 is 0 Å². The van der Waals surface area contributed by atoms with Gasteiger partial charge in [0.1, 0.15) is 17.3 Å². The van der Waals surface area contributed by atoms with E-state index < -0.39 is 11.4 Å². The van der Waals surface area contributed by atoms with Crippen LogP contribution in [0.1, 0.15) is 35.1 Å². The zero-order valence-corrected chi connectivity index (χ0v) is 15.9. The number of carbonyl (C=O) groups excluding carboxylic acids is 1. The third-order valence-corrected chi connectivity index (χ3v) is 4.92. The lowest BCUT2D eigenvalue weighted by Crippen LogP contribution is -2.29. The molecule has 1 amide bonds. The standard InChI is InChI=1S/C18H15ClN6OS/c1-10-7-18(2,25-17(21)27-10)14-6-12(3-4-22-14)24-16(26)15-13(19)5-11(8-20)9-23-15/h3-6,9H,1,7H2,2H3,(H2,21,25)(H,22,24,26)/t18-/m0/s1. The van der Waals surface area contributed by atoms with Crippen molar-refractivity contribution in [2.45, 2.75) is 18.9 Å². The Labute approximate surface area is 165 Å². The van der Waals surface area contributed by atoms with Gasteiger partial charge in [-0.05, 0) is 30.0 Å². The van der Waals surface area contributed by atoms with Crippen LogP contribution >= 0.6 is 23.4 Å². The second kappa shape index (κ2) is 7.39. The van der Waals surface area contributed by atoms with Gasteiger partial charge in [0.05, 0.1) is 16.3 Å². The molecular weight excluding hydrogens is 384 g/mol. The van der Waals surface area contributed by atoms with Crippen LogP contribution in [0.5, 0.6) is 0 Å². The highest BCUT2D eigenvalue weighted by molar-refractivity contribution is 8.17. The number of carbonyl (C=O) groups is 1. The molecule has 0 radical (unpaired) electrons. The van der Waals surface area contributed by atoms with Gasteiger partial charge in [0.25, 0.3) is 5.91 Å². The molecule has 136 valence electrons. The van der Waals surface area contributed by atoms with Crippen LogP contribution in [0.4, 0.5) is 5.69 Å². The van der Waals surface area contributed by atoms with Crippen molar-refractivity contribution in [3.8, 4) is 6.07 Å². The first-order valence-corrected chi connectivity index (χ1v) is 9.04. The summed E-state index contributed by atoms with van der Waals surface area (Å²) in [5.74, 6) is -0.488. The molecule has 3 rings (SSSR count). The summed E-state index contributed by atoms with van der Waals surface area (Å²) in [5, 5.41) is 12.1. The quantitative estimate of drug-likeness (QED) is 0.817. The maximum absolute atomic E-state index is 12.5. The predicted octanol–water partition coefficient (Wildman–Crippen LogP) is 3.43. The molecule has 1 aliphatic rings. The number of halogens is 1. The smallest absolute Gasteiger partial charge is 0.275 e. The van der Waals surface area contributed by atoms with Gasteiger partial charge in [-0.2, -0.15) is 5.26 Å². The van der Waals surface area contributed by atoms with E-state index in [-0.39, 0.29) is 16.3 Å². The molecule has 0 aliphatic carbocycles. The lowest BCUT2D eigenvalue weighted by atomic mass is 9.93. The maximum Gasteiger partial charge on any atom is 0.275 e. The number of aliphatic imine (C=N–C) groups is 1. The van der Waals surface area contributed by atoms with E-state index in [9.17, 15) is 4.79 Å². The summed E-state index contributed by atoms with van der Waals surface area (Å²) in [7, 11) is 0. The fourth-order valence-corrected chi connectivity index (χ4v) is 3.83. The number of hydrogen-bond acceptors (Lipinski definition) is 7. The lowest BCUT2D eigenvalue weighted by molar-refractivity contribution is 0.102. The molecule has 0 aromatic carbocycles. The van der Waals surface area contributed by atoms with Gasteiger partial charge in [-0.15, -0.1) is 0 Å². The van der Waals surface area contributed by atoms with Crippen molar-refractivity contribution in [2.24, 2.45) is 10.7 Å². The van der Waals surface area contributed by atoms with Gasteiger partial charge in [0, 0.05) is 24.5 Å². The summed E-state index contributed by atoms with van der Waals surface area (Å²) in [6.07, 6.45) is 3.47. The highest BCUT2D eigenvalue weighted by Crippen LogP contribution is 2.39. The summed E-state index contributed by atoms with van der Waals surface area (Å²) < 4.78 is 0. The largest absolute Gasteiger partial charge is 0.378 e. The van der Waals surface area contributed by atoms with E-state index in [1.165, 1.54) is 24.0 Å². The number of rotatable bonds is 3. The van der Waals surface area contributed by atoms with Crippen LogP contribution in [0.2, 0.25) is 5.02 Å². The number of pyridine rings is 2. The van der Waals surface area contributed by atoms with Crippen molar-refractivity contribution >= 4 is 40.1 Å². The molecule has 0 unspecified atom stereocenters. The molecule has 3 N–H and O–H groups in total. The molecule has 0 bridgehead atoms. The molecule has 3 heterocycles. The zero-order valence-electron chi connectivity index (χ0n) is 14.4. The summed E-state index contributed by atoms with van der Waals surface area (Å²) in [4.78, 5) is 26.2. The Morgan fingerprint density at radius 3 is 2.93 bits per heavy atom. The lowest BCUT2D eigenvalue weighted by Gasteiger charge is -2.30. The van der Waals surface area contributed by atoms with Crippen LogP contribution in [0.15, 0.2) is 47.1 Å². The van der Waals surface area contributed by atoms with Crippen molar-refractivity contribution in [3.05, 3.63) is 64.1 Å². The number of nitrogens with zero attached hydrogens (tertiary/aromatic N) is 4. The molecule has 9 heteroatoms. The third-order valence-electron chi connectivity index (χ3n) is 3.90. The number of nitrogens with one attached hydrogen (secondary N) is 1. The van der Waals surface area contributed by atoms with E-state index in [0.29, 0.717) is 23.0 Å². The summed E-state index contributed by atoms with van der Waals surface area (Å²) in [5.41, 5.74) is 6.71. The van der Waals surface area contributed by atoms with Crippen LogP contribution in [-0.2, 0) is 5.54 Å². The molecule has 1 atom stereocenters. The number of nitrogens with two attached hydrogens (primary N) is 1. The summed E-state index contributed by atoms with van der Waals surface area (Å²) in [6, 6.07) is 6.70. The molecule has 1 aliphatic heterocycles. The molecule has 0 spiro atoms. The van der Waals surface area contributed by atoms with E-state index in [4.69, 9.17) is 22.6 Å². The van der Waals surface area contributed by atoms with Crippen LogP contribution in [0.25, 0.3) is 0 Å². The van der Waals surface area contributed by atoms with Crippen LogP contribution in [0, 0.1) is 11.3 Å². The second-order valence-corrected chi connectivity index (χ2v) is 7.70. The number of amidine groups is 1. The highest BCUT2D eigenvalue weighted by atomic mass is 35.5. The van der Waals surface area contributed by atoms with Gasteiger partial charge < -0.3 is 11.1 Å². The molecule has 2 aromatic heterocycles. The average Bonchev–Trinajstić information content (AvgIpc) is 2.60. The minimum Gasteiger partial charge on any atom is -0.378 e. The number of amides is 1. The van der Waals surface area contributed by atoms with Gasteiger partial charge in [0.2, 0.25) is 0 Å². The molecule has 7 nitrogen and oxygen atoms in total. The first-order valence-electron chi connectivity index (χ1n) is 7.85. The molecule has 27 heavy (non-hydrogen) atoms. The first kappa shape index (κ1) is 18.9. The number of thioether (sulfide) groups is 1. The van der Waals surface area contributed by atoms with E-state index in [2.05, 4.69) is 26.9 Å². The molecule has 2 aromatic rings. The van der Waals surface area contributed by atoms with Gasteiger partial charge in [-0.3, -0.25) is 9.78 Å². The summed E-state index contributed by atoms with van der Waals surface area (Å²) >= 11 is 7.39. The maximum atomic E-state index is 12.5. The van der Waals surface area contributed by atoms with Crippen LogP contribution in [0.3, 0.4) is 0 Å². The van der Waals surface area contributed by atoms with Gasteiger partial charge in [0.15, 0.2) is 5.17 Å². The predicted molar refractivity (Wildman–Crippen MR) is 106 cm³/mol. The van der Waals surface area contributed by atoms with Crippen molar-refractivity contribution in [3.63, 3.8) is 0 Å². The Bertz CT molecular complexity index is 1020. The number of hydrogen-bond donors (Lipinski definition) is 2. The normalized spacial score (nSPS) is 19.1. The Kier molecular flexibility index (Phi) is 5.17. The van der Waals surface area contributed by atoms with Crippen molar-refractivity contribution in [1.29, 1.82) is 5.26 Å². The Morgan fingerprint density at radius 2 is 2.26 bits per heavy atom. The van der Waals surface area contributed by atoms with Gasteiger partial charge in [-0.25, -0.2) is 9.98 Å². The first-order chi connectivity index (χ1) is 12.8.